The van der Waals surface area contributed by atoms with Gasteiger partial charge in [0, 0.05) is 12.6 Å². The molecule has 1 amide bonds. The Bertz CT molecular complexity index is 776. The van der Waals surface area contributed by atoms with Crippen LogP contribution in [0, 0.1) is 0 Å². The van der Waals surface area contributed by atoms with Crippen LogP contribution in [0.4, 0.5) is 13.2 Å². The van der Waals surface area contributed by atoms with Crippen LogP contribution in [0.3, 0.4) is 0 Å². The molecule has 0 bridgehead atoms. The molecule has 0 radical (unpaired) electrons. The molecule has 2 saturated heterocycles. The molecule has 2 aliphatic heterocycles. The predicted octanol–water partition coefficient (Wildman–Crippen LogP) is 4.80. The number of halogens is 3. The minimum atomic E-state index is -4.71. The zero-order chi connectivity index (χ0) is 22.3. The predicted molar refractivity (Wildman–Crippen MR) is 111 cm³/mol. The molecule has 1 atom stereocenters. The molecule has 30 heavy (non-hydrogen) atoms. The maximum Gasteiger partial charge on any atom is 0.495 e. The topological polar surface area (TPSA) is 38.8 Å². The lowest BCUT2D eigenvalue weighted by molar-refractivity contribution is -0.137. The van der Waals surface area contributed by atoms with Gasteiger partial charge in [-0.25, -0.2) is 0 Å². The van der Waals surface area contributed by atoms with Gasteiger partial charge < -0.3 is 14.2 Å². The number of nitrogens with zero attached hydrogens (tertiary/aromatic N) is 1. The molecule has 166 valence electrons. The maximum absolute atomic E-state index is 14.2. The Hall–Kier alpha value is -1.54. The minimum Gasteiger partial charge on any atom is -0.399 e. The van der Waals surface area contributed by atoms with E-state index >= 15 is 0 Å². The lowest BCUT2D eigenvalue weighted by atomic mass is 9.74. The number of hydrogen-bond donors (Lipinski definition) is 0. The van der Waals surface area contributed by atoms with E-state index in [0.717, 1.165) is 32.1 Å². The molecule has 0 spiro atoms. The van der Waals surface area contributed by atoms with E-state index in [9.17, 15) is 18.0 Å². The standard InChI is InChI=1S/C22H31BF3NO3/c1-6-10-15-11-7-8-14-27(15)19(28)16-12-9-13-17(18(16)22(24,25)26)23-29-20(2,3)21(4,5)30-23/h9,12-13,15H,6-8,10-11,14H2,1-5H3. The van der Waals surface area contributed by atoms with Crippen LogP contribution in [-0.2, 0) is 15.5 Å². The van der Waals surface area contributed by atoms with E-state index in [4.69, 9.17) is 9.31 Å². The van der Waals surface area contributed by atoms with Gasteiger partial charge in [-0.1, -0.05) is 25.5 Å². The van der Waals surface area contributed by atoms with Crippen LogP contribution in [0.1, 0.15) is 82.6 Å². The van der Waals surface area contributed by atoms with Crippen LogP contribution in [0.25, 0.3) is 0 Å². The molecule has 8 heteroatoms. The molecule has 3 rings (SSSR count). The van der Waals surface area contributed by atoms with Gasteiger partial charge in [0.05, 0.1) is 22.3 Å². The summed E-state index contributed by atoms with van der Waals surface area (Å²) in [5.74, 6) is -0.557. The molecule has 0 aromatic heterocycles. The second-order valence-electron chi connectivity index (χ2n) is 9.29. The number of carbonyl (C=O) groups is 1. The van der Waals surface area contributed by atoms with Crippen molar-refractivity contribution in [1.82, 2.24) is 4.90 Å². The largest absolute Gasteiger partial charge is 0.495 e. The first-order valence-corrected chi connectivity index (χ1v) is 10.8. The summed E-state index contributed by atoms with van der Waals surface area (Å²) >= 11 is 0. The van der Waals surface area contributed by atoms with E-state index in [-0.39, 0.29) is 17.1 Å². The third kappa shape index (κ3) is 4.26. The first-order chi connectivity index (χ1) is 13.9. The van der Waals surface area contributed by atoms with Crippen molar-refractivity contribution in [3.8, 4) is 0 Å². The highest BCUT2D eigenvalue weighted by molar-refractivity contribution is 6.62. The number of carbonyl (C=O) groups excluding carboxylic acids is 1. The summed E-state index contributed by atoms with van der Waals surface area (Å²) < 4.78 is 54.5. The fourth-order valence-corrected chi connectivity index (χ4v) is 4.29. The fourth-order valence-electron chi connectivity index (χ4n) is 4.29. The van der Waals surface area contributed by atoms with Crippen LogP contribution in [0.5, 0.6) is 0 Å². The summed E-state index contributed by atoms with van der Waals surface area (Å²) in [4.78, 5) is 14.9. The van der Waals surface area contributed by atoms with E-state index in [2.05, 4.69) is 0 Å². The highest BCUT2D eigenvalue weighted by Crippen LogP contribution is 2.39. The Balaban J connectivity index is 2.04. The van der Waals surface area contributed by atoms with Crippen LogP contribution in [0.2, 0.25) is 0 Å². The average Bonchev–Trinajstić information content (AvgIpc) is 2.88. The molecule has 0 aliphatic carbocycles. The Morgan fingerprint density at radius 3 is 2.37 bits per heavy atom. The van der Waals surface area contributed by atoms with Crippen molar-refractivity contribution in [2.45, 2.75) is 90.1 Å². The highest BCUT2D eigenvalue weighted by atomic mass is 19.4. The van der Waals surface area contributed by atoms with Gasteiger partial charge in [0.1, 0.15) is 0 Å². The number of piperidine rings is 1. The van der Waals surface area contributed by atoms with Gasteiger partial charge in [-0.2, -0.15) is 13.2 Å². The number of amides is 1. The Morgan fingerprint density at radius 1 is 1.17 bits per heavy atom. The van der Waals surface area contributed by atoms with Gasteiger partial charge in [-0.05, 0) is 64.9 Å². The van der Waals surface area contributed by atoms with Crippen molar-refractivity contribution >= 4 is 18.5 Å². The molecular formula is C22H31BF3NO3. The molecule has 4 nitrogen and oxygen atoms in total. The molecule has 2 aliphatic rings. The quantitative estimate of drug-likeness (QED) is 0.651. The van der Waals surface area contributed by atoms with Crippen molar-refractivity contribution in [3.05, 3.63) is 29.3 Å². The van der Waals surface area contributed by atoms with Crippen molar-refractivity contribution < 1.29 is 27.3 Å². The summed E-state index contributed by atoms with van der Waals surface area (Å²) in [6, 6.07) is 4.10. The summed E-state index contributed by atoms with van der Waals surface area (Å²) in [7, 11) is -1.19. The third-order valence-electron chi connectivity index (χ3n) is 6.63. The van der Waals surface area contributed by atoms with Gasteiger partial charge in [0.2, 0.25) is 0 Å². The lowest BCUT2D eigenvalue weighted by Crippen LogP contribution is -2.46. The maximum atomic E-state index is 14.2. The van der Waals surface area contributed by atoms with E-state index < -0.39 is 36.0 Å². The molecule has 1 unspecified atom stereocenters. The monoisotopic (exact) mass is 425 g/mol. The van der Waals surface area contributed by atoms with Gasteiger partial charge in [-0.15, -0.1) is 0 Å². The second-order valence-corrected chi connectivity index (χ2v) is 9.29. The Morgan fingerprint density at radius 2 is 1.80 bits per heavy atom. The summed E-state index contributed by atoms with van der Waals surface area (Å²) in [5.41, 5.74) is -2.97. The zero-order valence-electron chi connectivity index (χ0n) is 18.4. The SMILES string of the molecule is CCCC1CCCCN1C(=O)c1cccc(B2OC(C)(C)C(C)(C)O2)c1C(F)(F)F. The highest BCUT2D eigenvalue weighted by Gasteiger charge is 2.54. The second kappa shape index (κ2) is 8.19. The van der Waals surface area contributed by atoms with Gasteiger partial charge in [0.25, 0.3) is 5.91 Å². The van der Waals surface area contributed by atoms with Gasteiger partial charge in [-0.3, -0.25) is 4.79 Å². The average molecular weight is 425 g/mol. The normalized spacial score (nSPS) is 23.7. The molecule has 2 heterocycles. The van der Waals surface area contributed by atoms with Crippen molar-refractivity contribution in [2.75, 3.05) is 6.54 Å². The summed E-state index contributed by atoms with van der Waals surface area (Å²) in [5, 5.41) is 0. The van der Waals surface area contributed by atoms with Crippen molar-refractivity contribution in [2.24, 2.45) is 0 Å². The number of rotatable bonds is 4. The van der Waals surface area contributed by atoms with Crippen LogP contribution in [-0.4, -0.2) is 41.7 Å². The number of likely N-dealkylation sites (tertiary alicyclic amines) is 1. The van der Waals surface area contributed by atoms with E-state index in [1.165, 1.54) is 18.2 Å². The van der Waals surface area contributed by atoms with Crippen molar-refractivity contribution in [3.63, 3.8) is 0 Å². The molecule has 1 aromatic carbocycles. The Labute approximate surface area is 177 Å². The molecule has 0 N–H and O–H groups in total. The van der Waals surface area contributed by atoms with E-state index in [1.807, 2.05) is 6.92 Å². The smallest absolute Gasteiger partial charge is 0.399 e. The number of hydrogen-bond acceptors (Lipinski definition) is 3. The fraction of sp³-hybridized carbons (Fsp3) is 0.682. The van der Waals surface area contributed by atoms with Crippen LogP contribution < -0.4 is 5.46 Å². The third-order valence-corrected chi connectivity index (χ3v) is 6.63. The van der Waals surface area contributed by atoms with Gasteiger partial charge in [0.15, 0.2) is 0 Å². The molecule has 0 saturated carbocycles. The molecule has 2 fully saturated rings. The zero-order valence-corrected chi connectivity index (χ0v) is 18.4. The first kappa shape index (κ1) is 23.1. The number of alkyl halides is 3. The number of benzene rings is 1. The van der Waals surface area contributed by atoms with Crippen LogP contribution >= 0.6 is 0 Å². The summed E-state index contributed by atoms with van der Waals surface area (Å²) in [6.45, 7) is 9.67. The molecule has 1 aromatic rings. The molecular weight excluding hydrogens is 394 g/mol. The minimum absolute atomic E-state index is 0.0159. The van der Waals surface area contributed by atoms with Crippen LogP contribution in [0.15, 0.2) is 18.2 Å². The first-order valence-electron chi connectivity index (χ1n) is 10.8. The van der Waals surface area contributed by atoms with Crippen molar-refractivity contribution in [1.29, 1.82) is 0 Å². The van der Waals surface area contributed by atoms with E-state index in [1.54, 1.807) is 32.6 Å². The van der Waals surface area contributed by atoms with E-state index in [0.29, 0.717) is 6.54 Å². The summed E-state index contributed by atoms with van der Waals surface area (Å²) in [6.07, 6.45) is -0.392. The Kier molecular flexibility index (Phi) is 6.32. The lowest BCUT2D eigenvalue weighted by Gasteiger charge is -2.36. The van der Waals surface area contributed by atoms with Gasteiger partial charge >= 0.3 is 13.3 Å².